The lowest BCUT2D eigenvalue weighted by Crippen LogP contribution is -2.47. The molecule has 3 nitrogen and oxygen atoms in total. The Labute approximate surface area is 140 Å². The molecule has 1 aromatic rings. The van der Waals surface area contributed by atoms with Gasteiger partial charge in [0.1, 0.15) is 0 Å². The number of allylic oxidation sites excluding steroid dienone is 1. The molecule has 2 saturated heterocycles. The van der Waals surface area contributed by atoms with Crippen molar-refractivity contribution in [1.82, 2.24) is 9.80 Å². The van der Waals surface area contributed by atoms with Crippen molar-refractivity contribution in [3.05, 3.63) is 48.7 Å². The van der Waals surface area contributed by atoms with Gasteiger partial charge in [0.15, 0.2) is 0 Å². The Kier molecular flexibility index (Phi) is 5.06. The van der Waals surface area contributed by atoms with Crippen LogP contribution in [0.1, 0.15) is 25.3 Å². The van der Waals surface area contributed by atoms with Crippen LogP contribution >= 0.6 is 0 Å². The number of hydrogen-bond acceptors (Lipinski definition) is 3. The molecule has 0 bridgehead atoms. The zero-order valence-electron chi connectivity index (χ0n) is 14.4. The summed E-state index contributed by atoms with van der Waals surface area (Å²) in [6.07, 6.45) is 2.70. The van der Waals surface area contributed by atoms with Crippen molar-refractivity contribution in [3.63, 3.8) is 0 Å². The van der Waals surface area contributed by atoms with E-state index < -0.39 is 0 Å². The smallest absolute Gasteiger partial charge is 0.0377 e. The molecule has 3 heteroatoms. The van der Waals surface area contributed by atoms with Gasteiger partial charge in [-0.05, 0) is 50.6 Å². The Bertz CT molecular complexity index is 547. The minimum atomic E-state index is 1.05. The third-order valence-electron chi connectivity index (χ3n) is 5.06. The Morgan fingerprint density at radius 1 is 0.913 bits per heavy atom. The van der Waals surface area contributed by atoms with Gasteiger partial charge in [0.05, 0.1) is 0 Å². The van der Waals surface area contributed by atoms with Gasteiger partial charge in [0.2, 0.25) is 0 Å². The fraction of sp³-hybridized carbons (Fsp3) is 0.500. The molecule has 0 radical (unpaired) electrons. The van der Waals surface area contributed by atoms with Gasteiger partial charge in [-0.15, -0.1) is 0 Å². The van der Waals surface area contributed by atoms with E-state index in [1.54, 1.807) is 0 Å². The largest absolute Gasteiger partial charge is 0.371 e. The van der Waals surface area contributed by atoms with E-state index in [2.05, 4.69) is 59.0 Å². The molecule has 0 N–H and O–H groups in total. The van der Waals surface area contributed by atoms with E-state index in [9.17, 15) is 0 Å². The first kappa shape index (κ1) is 16.1. The predicted octanol–water partition coefficient (Wildman–Crippen LogP) is 3.45. The second-order valence-corrected chi connectivity index (χ2v) is 6.85. The van der Waals surface area contributed by atoms with E-state index in [1.165, 1.54) is 42.9 Å². The fourth-order valence-electron chi connectivity index (χ4n) is 3.54. The topological polar surface area (TPSA) is 9.72 Å². The van der Waals surface area contributed by atoms with Crippen LogP contribution in [0, 0.1) is 0 Å². The van der Waals surface area contributed by atoms with Crippen molar-refractivity contribution in [2.45, 2.75) is 19.8 Å². The molecule has 2 aliphatic rings. The maximum absolute atomic E-state index is 4.33. The van der Waals surface area contributed by atoms with E-state index in [1.807, 2.05) is 0 Å². The lowest BCUT2D eigenvalue weighted by molar-refractivity contribution is 0.270. The first-order chi connectivity index (χ1) is 11.1. The number of benzene rings is 1. The van der Waals surface area contributed by atoms with Crippen molar-refractivity contribution in [2.75, 3.05) is 50.7 Å². The summed E-state index contributed by atoms with van der Waals surface area (Å²) >= 11 is 0. The summed E-state index contributed by atoms with van der Waals surface area (Å²) in [4.78, 5) is 7.48. The molecule has 0 spiro atoms. The van der Waals surface area contributed by atoms with Crippen LogP contribution in [-0.2, 0) is 0 Å². The molecule has 2 fully saturated rings. The highest BCUT2D eigenvalue weighted by Gasteiger charge is 2.20. The fourth-order valence-corrected chi connectivity index (χ4v) is 3.54. The quantitative estimate of drug-likeness (QED) is 0.824. The zero-order chi connectivity index (χ0) is 16.2. The first-order valence-electron chi connectivity index (χ1n) is 8.79. The molecule has 0 aromatic heterocycles. The minimum Gasteiger partial charge on any atom is -0.371 e. The van der Waals surface area contributed by atoms with Gasteiger partial charge in [-0.1, -0.05) is 30.9 Å². The highest BCUT2D eigenvalue weighted by Crippen LogP contribution is 2.21. The average Bonchev–Trinajstić information content (AvgIpc) is 3.08. The number of piperazine rings is 1. The normalized spacial score (nSPS) is 19.2. The van der Waals surface area contributed by atoms with E-state index >= 15 is 0 Å². The van der Waals surface area contributed by atoms with Crippen molar-refractivity contribution in [2.24, 2.45) is 0 Å². The van der Waals surface area contributed by atoms with E-state index in [-0.39, 0.29) is 0 Å². The number of anilines is 1. The molecular formula is C20H29N3. The third-order valence-corrected chi connectivity index (χ3v) is 5.06. The molecule has 0 atom stereocenters. The summed E-state index contributed by atoms with van der Waals surface area (Å²) in [6.45, 7) is 18.2. The highest BCUT2D eigenvalue weighted by molar-refractivity contribution is 5.64. The molecule has 23 heavy (non-hydrogen) atoms. The number of rotatable bonds is 5. The Hall–Kier alpha value is -1.74. The summed E-state index contributed by atoms with van der Waals surface area (Å²) in [5.74, 6) is 0. The Morgan fingerprint density at radius 3 is 2.09 bits per heavy atom. The summed E-state index contributed by atoms with van der Waals surface area (Å²) in [5, 5.41) is 0. The van der Waals surface area contributed by atoms with Crippen LogP contribution in [-0.4, -0.2) is 55.6 Å². The number of hydrogen-bond donors (Lipinski definition) is 0. The summed E-state index contributed by atoms with van der Waals surface area (Å²) in [7, 11) is 0. The maximum Gasteiger partial charge on any atom is 0.0377 e. The van der Waals surface area contributed by atoms with Crippen LogP contribution in [0.25, 0.3) is 5.57 Å². The maximum atomic E-state index is 4.33. The van der Waals surface area contributed by atoms with Crippen LogP contribution in [0.2, 0.25) is 0 Å². The summed E-state index contributed by atoms with van der Waals surface area (Å²) in [5.41, 5.74) is 4.97. The molecule has 0 aliphatic carbocycles. The minimum absolute atomic E-state index is 1.05. The third kappa shape index (κ3) is 3.97. The van der Waals surface area contributed by atoms with Crippen molar-refractivity contribution >= 4 is 11.3 Å². The van der Waals surface area contributed by atoms with E-state index in [0.717, 1.165) is 38.3 Å². The lowest BCUT2D eigenvalue weighted by atomic mass is 10.1. The van der Waals surface area contributed by atoms with Gasteiger partial charge in [-0.25, -0.2) is 0 Å². The van der Waals surface area contributed by atoms with Gasteiger partial charge in [0.25, 0.3) is 0 Å². The highest BCUT2D eigenvalue weighted by atomic mass is 15.3. The van der Waals surface area contributed by atoms with Crippen LogP contribution in [0.15, 0.2) is 43.1 Å². The van der Waals surface area contributed by atoms with E-state index in [4.69, 9.17) is 0 Å². The number of likely N-dealkylation sites (tertiary alicyclic amines) is 1. The van der Waals surface area contributed by atoms with Gasteiger partial charge in [-0.3, -0.25) is 4.90 Å². The second-order valence-electron chi connectivity index (χ2n) is 6.85. The molecule has 0 unspecified atom stereocenters. The molecule has 0 saturated carbocycles. The van der Waals surface area contributed by atoms with Crippen LogP contribution in [0.5, 0.6) is 0 Å². The molecule has 124 valence electrons. The lowest BCUT2D eigenvalue weighted by Gasteiger charge is -2.39. The SMILES string of the molecule is C=C(C)c1ccc(N2CCN(C(=C)CN3CCCC3)CC2)cc1. The number of nitrogens with zero attached hydrogens (tertiary/aromatic N) is 3. The van der Waals surface area contributed by atoms with Gasteiger partial charge in [-0.2, -0.15) is 0 Å². The molecule has 0 amide bonds. The average molecular weight is 311 g/mol. The van der Waals surface area contributed by atoms with Crippen LogP contribution in [0.4, 0.5) is 5.69 Å². The first-order valence-corrected chi connectivity index (χ1v) is 8.79. The monoisotopic (exact) mass is 311 g/mol. The molecule has 2 heterocycles. The summed E-state index contributed by atoms with van der Waals surface area (Å²) < 4.78 is 0. The molecular weight excluding hydrogens is 282 g/mol. The van der Waals surface area contributed by atoms with Crippen molar-refractivity contribution < 1.29 is 0 Å². The molecule has 2 aliphatic heterocycles. The van der Waals surface area contributed by atoms with Crippen molar-refractivity contribution in [3.8, 4) is 0 Å². The second kappa shape index (κ2) is 7.22. The zero-order valence-corrected chi connectivity index (χ0v) is 14.4. The van der Waals surface area contributed by atoms with Gasteiger partial charge < -0.3 is 9.80 Å². The molecule has 3 rings (SSSR count). The van der Waals surface area contributed by atoms with Crippen LogP contribution < -0.4 is 4.90 Å². The Balaban J connectivity index is 1.51. The molecule has 1 aromatic carbocycles. The van der Waals surface area contributed by atoms with E-state index in [0.29, 0.717) is 0 Å². The van der Waals surface area contributed by atoms with Gasteiger partial charge in [0, 0.05) is 44.1 Å². The Morgan fingerprint density at radius 2 is 1.52 bits per heavy atom. The predicted molar refractivity (Wildman–Crippen MR) is 99.8 cm³/mol. The van der Waals surface area contributed by atoms with Crippen LogP contribution in [0.3, 0.4) is 0 Å². The summed E-state index contributed by atoms with van der Waals surface area (Å²) in [6, 6.07) is 8.80. The van der Waals surface area contributed by atoms with Gasteiger partial charge >= 0.3 is 0 Å². The van der Waals surface area contributed by atoms with Crippen molar-refractivity contribution in [1.29, 1.82) is 0 Å². The standard InChI is InChI=1S/C20H29N3/c1-17(2)19-6-8-20(9-7-19)23-14-12-22(13-15-23)18(3)16-21-10-4-5-11-21/h6-9H,1,3-5,10-16H2,2H3.